The number of carboxylic acids is 1. The molecule has 0 aliphatic heterocycles. The highest BCUT2D eigenvalue weighted by Gasteiger charge is 2.27. The SMILES string of the molecule is Cc1c(Cl)cccc1-c1ccc2c(n1)CCCC2C(=O)O. The highest BCUT2D eigenvalue weighted by atomic mass is 35.5. The van der Waals surface area contributed by atoms with Gasteiger partial charge in [-0.25, -0.2) is 0 Å². The summed E-state index contributed by atoms with van der Waals surface area (Å²) in [5.41, 5.74) is 4.63. The van der Waals surface area contributed by atoms with Gasteiger partial charge in [0.1, 0.15) is 0 Å². The molecule has 0 fully saturated rings. The molecule has 0 amide bonds. The Kier molecular flexibility index (Phi) is 3.68. The van der Waals surface area contributed by atoms with Gasteiger partial charge < -0.3 is 5.11 Å². The van der Waals surface area contributed by atoms with Crippen molar-refractivity contribution in [1.29, 1.82) is 0 Å². The molecule has 1 unspecified atom stereocenters. The van der Waals surface area contributed by atoms with E-state index >= 15 is 0 Å². The Bertz CT molecular complexity index is 712. The van der Waals surface area contributed by atoms with E-state index in [4.69, 9.17) is 16.6 Å². The number of carboxylic acid groups (broad SMARTS) is 1. The third-order valence-corrected chi connectivity index (χ3v) is 4.54. The molecule has 1 aliphatic carbocycles. The van der Waals surface area contributed by atoms with E-state index in [1.807, 2.05) is 37.3 Å². The second-order valence-electron chi connectivity index (χ2n) is 5.43. The van der Waals surface area contributed by atoms with E-state index in [0.29, 0.717) is 6.42 Å². The summed E-state index contributed by atoms with van der Waals surface area (Å²) >= 11 is 6.17. The number of hydrogen-bond donors (Lipinski definition) is 1. The molecular formula is C17H16ClNO2. The minimum Gasteiger partial charge on any atom is -0.481 e. The maximum Gasteiger partial charge on any atom is 0.311 e. The molecule has 108 valence electrons. The van der Waals surface area contributed by atoms with Crippen molar-refractivity contribution in [3.8, 4) is 11.3 Å². The van der Waals surface area contributed by atoms with E-state index in [2.05, 4.69) is 0 Å². The number of pyridine rings is 1. The Morgan fingerprint density at radius 2 is 2.14 bits per heavy atom. The number of aryl methyl sites for hydroxylation is 1. The molecule has 3 rings (SSSR count). The van der Waals surface area contributed by atoms with Crippen LogP contribution in [-0.2, 0) is 11.2 Å². The average molecular weight is 302 g/mol. The number of aromatic nitrogens is 1. The first-order valence-corrected chi connectivity index (χ1v) is 7.44. The van der Waals surface area contributed by atoms with Crippen LogP contribution in [0, 0.1) is 6.92 Å². The van der Waals surface area contributed by atoms with Gasteiger partial charge >= 0.3 is 5.97 Å². The van der Waals surface area contributed by atoms with Gasteiger partial charge in [0.2, 0.25) is 0 Å². The molecule has 1 aromatic heterocycles. The van der Waals surface area contributed by atoms with Crippen LogP contribution in [-0.4, -0.2) is 16.1 Å². The first-order valence-electron chi connectivity index (χ1n) is 7.06. The molecule has 0 spiro atoms. The number of rotatable bonds is 2. The third kappa shape index (κ3) is 2.54. The van der Waals surface area contributed by atoms with E-state index in [0.717, 1.165) is 45.9 Å². The lowest BCUT2D eigenvalue weighted by molar-refractivity contribution is -0.139. The maximum atomic E-state index is 11.3. The molecule has 21 heavy (non-hydrogen) atoms. The molecule has 4 heteroatoms. The van der Waals surface area contributed by atoms with Crippen LogP contribution < -0.4 is 0 Å². The van der Waals surface area contributed by atoms with Crippen molar-refractivity contribution >= 4 is 17.6 Å². The topological polar surface area (TPSA) is 50.2 Å². The zero-order valence-electron chi connectivity index (χ0n) is 11.8. The van der Waals surface area contributed by atoms with Crippen molar-refractivity contribution in [3.63, 3.8) is 0 Å². The predicted molar refractivity (Wildman–Crippen MR) is 82.7 cm³/mol. The van der Waals surface area contributed by atoms with Crippen molar-refractivity contribution in [2.75, 3.05) is 0 Å². The lowest BCUT2D eigenvalue weighted by Crippen LogP contribution is -2.19. The van der Waals surface area contributed by atoms with Crippen LogP contribution in [0.15, 0.2) is 30.3 Å². The molecule has 1 aliphatic rings. The van der Waals surface area contributed by atoms with Crippen LogP contribution in [0.1, 0.15) is 35.6 Å². The number of fused-ring (bicyclic) bond motifs is 1. The lowest BCUT2D eigenvalue weighted by Gasteiger charge is -2.22. The summed E-state index contributed by atoms with van der Waals surface area (Å²) in [5.74, 6) is -1.18. The highest BCUT2D eigenvalue weighted by molar-refractivity contribution is 6.31. The molecule has 0 bridgehead atoms. The summed E-state index contributed by atoms with van der Waals surface area (Å²) in [5, 5.41) is 10.0. The molecule has 1 atom stereocenters. The Balaban J connectivity index is 2.08. The van der Waals surface area contributed by atoms with Crippen molar-refractivity contribution in [2.45, 2.75) is 32.1 Å². The first kappa shape index (κ1) is 14.1. The maximum absolute atomic E-state index is 11.3. The predicted octanol–water partition coefficient (Wildman–Crippen LogP) is 4.21. The normalized spacial score (nSPS) is 17.3. The fraction of sp³-hybridized carbons (Fsp3) is 0.294. The Morgan fingerprint density at radius 3 is 2.90 bits per heavy atom. The van der Waals surface area contributed by atoms with Gasteiger partial charge in [-0.1, -0.05) is 29.8 Å². The van der Waals surface area contributed by atoms with Crippen LogP contribution in [0.5, 0.6) is 0 Å². The van der Waals surface area contributed by atoms with Crippen LogP contribution >= 0.6 is 11.6 Å². The number of benzene rings is 1. The first-order chi connectivity index (χ1) is 10.1. The van der Waals surface area contributed by atoms with Crippen LogP contribution in [0.2, 0.25) is 5.02 Å². The average Bonchev–Trinajstić information content (AvgIpc) is 2.48. The number of nitrogens with zero attached hydrogens (tertiary/aromatic N) is 1. The van der Waals surface area contributed by atoms with Gasteiger partial charge in [-0.15, -0.1) is 0 Å². The van der Waals surface area contributed by atoms with Gasteiger partial charge in [0.25, 0.3) is 0 Å². The van der Waals surface area contributed by atoms with Gasteiger partial charge in [0, 0.05) is 16.3 Å². The second-order valence-corrected chi connectivity index (χ2v) is 5.84. The van der Waals surface area contributed by atoms with Crippen molar-refractivity contribution < 1.29 is 9.90 Å². The zero-order valence-corrected chi connectivity index (χ0v) is 12.5. The van der Waals surface area contributed by atoms with E-state index in [9.17, 15) is 9.90 Å². The largest absolute Gasteiger partial charge is 0.481 e. The van der Waals surface area contributed by atoms with Crippen LogP contribution in [0.4, 0.5) is 0 Å². The number of aliphatic carboxylic acids is 1. The van der Waals surface area contributed by atoms with Gasteiger partial charge in [-0.2, -0.15) is 0 Å². The van der Waals surface area contributed by atoms with Crippen molar-refractivity contribution in [2.24, 2.45) is 0 Å². The lowest BCUT2D eigenvalue weighted by atomic mass is 9.85. The highest BCUT2D eigenvalue weighted by Crippen LogP contribution is 2.34. The summed E-state index contributed by atoms with van der Waals surface area (Å²) in [7, 11) is 0. The van der Waals surface area contributed by atoms with E-state index in [1.165, 1.54) is 0 Å². The summed E-state index contributed by atoms with van der Waals surface area (Å²) < 4.78 is 0. The van der Waals surface area contributed by atoms with Gasteiger partial charge in [-0.3, -0.25) is 9.78 Å². The van der Waals surface area contributed by atoms with Crippen LogP contribution in [0.25, 0.3) is 11.3 Å². The standard InChI is InChI=1S/C17H16ClNO2/c1-10-11(4-2-6-14(10)18)16-9-8-12-13(17(20)21)5-3-7-15(12)19-16/h2,4,6,8-9,13H,3,5,7H2,1H3,(H,20,21). The molecule has 1 N–H and O–H groups in total. The molecule has 1 aromatic carbocycles. The van der Waals surface area contributed by atoms with E-state index in [1.54, 1.807) is 0 Å². The van der Waals surface area contributed by atoms with Gasteiger partial charge in [-0.05, 0) is 49.4 Å². The van der Waals surface area contributed by atoms with Crippen molar-refractivity contribution in [3.05, 3.63) is 52.2 Å². The Morgan fingerprint density at radius 1 is 1.33 bits per heavy atom. The minimum atomic E-state index is -0.760. The zero-order chi connectivity index (χ0) is 15.0. The monoisotopic (exact) mass is 301 g/mol. The second kappa shape index (κ2) is 5.49. The molecule has 3 nitrogen and oxygen atoms in total. The molecule has 0 saturated heterocycles. The summed E-state index contributed by atoms with van der Waals surface area (Å²) in [6, 6.07) is 9.58. The van der Waals surface area contributed by atoms with Crippen LogP contribution in [0.3, 0.4) is 0 Å². The molecule has 0 radical (unpaired) electrons. The Hall–Kier alpha value is -1.87. The Labute approximate surface area is 128 Å². The number of halogens is 1. The molecule has 2 aromatic rings. The number of carbonyl (C=O) groups is 1. The van der Waals surface area contributed by atoms with E-state index < -0.39 is 11.9 Å². The summed E-state index contributed by atoms with van der Waals surface area (Å²) in [6.45, 7) is 1.97. The molecular weight excluding hydrogens is 286 g/mol. The smallest absolute Gasteiger partial charge is 0.311 e. The quantitative estimate of drug-likeness (QED) is 0.903. The van der Waals surface area contributed by atoms with E-state index in [-0.39, 0.29) is 0 Å². The summed E-state index contributed by atoms with van der Waals surface area (Å²) in [4.78, 5) is 16.0. The van der Waals surface area contributed by atoms with Gasteiger partial charge in [0.15, 0.2) is 0 Å². The van der Waals surface area contributed by atoms with Crippen molar-refractivity contribution in [1.82, 2.24) is 4.98 Å². The fourth-order valence-corrected chi connectivity index (χ4v) is 3.12. The molecule has 0 saturated carbocycles. The third-order valence-electron chi connectivity index (χ3n) is 4.13. The van der Waals surface area contributed by atoms with Gasteiger partial charge in [0.05, 0.1) is 11.6 Å². The minimum absolute atomic E-state index is 0.421. The molecule has 1 heterocycles. The summed E-state index contributed by atoms with van der Waals surface area (Å²) in [6.07, 6.45) is 2.40. The fourth-order valence-electron chi connectivity index (χ4n) is 2.95. The number of hydrogen-bond acceptors (Lipinski definition) is 2.